The van der Waals surface area contributed by atoms with E-state index in [1.54, 1.807) is 0 Å². The molecule has 2 atom stereocenters. The fourth-order valence-corrected chi connectivity index (χ4v) is 6.18. The summed E-state index contributed by atoms with van der Waals surface area (Å²) in [5, 5.41) is 0. The molecular formula is C25H33NO3S. The molecule has 0 spiro atoms. The van der Waals surface area contributed by atoms with Crippen molar-refractivity contribution in [2.45, 2.75) is 51.4 Å². The van der Waals surface area contributed by atoms with Gasteiger partial charge >= 0.3 is 0 Å². The smallest absolute Gasteiger partial charge is 0.211 e. The highest BCUT2D eigenvalue weighted by atomic mass is 32.2. The van der Waals surface area contributed by atoms with Gasteiger partial charge in [0.25, 0.3) is 0 Å². The highest BCUT2D eigenvalue weighted by molar-refractivity contribution is 7.89. The topological polar surface area (TPSA) is 55.4 Å². The van der Waals surface area contributed by atoms with Gasteiger partial charge in [0, 0.05) is 6.54 Å². The van der Waals surface area contributed by atoms with Gasteiger partial charge in [-0.05, 0) is 78.7 Å². The van der Waals surface area contributed by atoms with Crippen LogP contribution in [0.15, 0.2) is 48.5 Å². The quantitative estimate of drug-likeness (QED) is 0.529. The molecule has 2 aliphatic rings. The molecule has 0 heterocycles. The summed E-state index contributed by atoms with van der Waals surface area (Å²) >= 11 is 0. The van der Waals surface area contributed by atoms with Crippen molar-refractivity contribution in [2.24, 2.45) is 11.8 Å². The molecule has 2 aromatic rings. The summed E-state index contributed by atoms with van der Waals surface area (Å²) in [4.78, 5) is 0. The van der Waals surface area contributed by atoms with Crippen molar-refractivity contribution in [2.75, 3.05) is 18.9 Å². The van der Waals surface area contributed by atoms with Gasteiger partial charge < -0.3 is 4.74 Å². The Kier molecular flexibility index (Phi) is 6.79. The Bertz CT molecular complexity index is 938. The van der Waals surface area contributed by atoms with Gasteiger partial charge in [-0.15, -0.1) is 0 Å². The van der Waals surface area contributed by atoms with Crippen LogP contribution in [0.25, 0.3) is 0 Å². The van der Waals surface area contributed by atoms with E-state index in [4.69, 9.17) is 4.74 Å². The Labute approximate surface area is 181 Å². The van der Waals surface area contributed by atoms with Crippen LogP contribution in [0.3, 0.4) is 0 Å². The first-order valence-electron chi connectivity index (χ1n) is 11.3. The molecule has 0 aliphatic heterocycles. The van der Waals surface area contributed by atoms with Crippen molar-refractivity contribution >= 4 is 10.0 Å². The third-order valence-electron chi connectivity index (χ3n) is 6.37. The molecule has 1 saturated carbocycles. The summed E-state index contributed by atoms with van der Waals surface area (Å²) in [6.45, 7) is 2.93. The fourth-order valence-electron chi connectivity index (χ4n) is 4.71. The van der Waals surface area contributed by atoms with E-state index in [2.05, 4.69) is 54.1 Å². The van der Waals surface area contributed by atoms with Gasteiger partial charge in [0.2, 0.25) is 10.0 Å². The lowest BCUT2D eigenvalue weighted by Crippen LogP contribution is -2.30. The second-order valence-electron chi connectivity index (χ2n) is 8.88. The third kappa shape index (κ3) is 5.64. The number of hydrogen-bond donors (Lipinski definition) is 1. The fraction of sp³-hybridized carbons (Fsp3) is 0.520. The largest absolute Gasteiger partial charge is 0.492 e. The van der Waals surface area contributed by atoms with Gasteiger partial charge in [0.1, 0.15) is 12.4 Å². The molecule has 1 N–H and O–H groups in total. The Balaban J connectivity index is 1.38. The maximum absolute atomic E-state index is 12.0. The normalized spacial score (nSPS) is 20.8. The minimum atomic E-state index is -3.17. The molecule has 0 amide bonds. The summed E-state index contributed by atoms with van der Waals surface area (Å²) in [6, 6.07) is 17.2. The molecular weight excluding hydrogens is 394 g/mol. The van der Waals surface area contributed by atoms with Crippen LogP contribution in [0, 0.1) is 11.8 Å². The van der Waals surface area contributed by atoms with Crippen LogP contribution >= 0.6 is 0 Å². The first-order valence-corrected chi connectivity index (χ1v) is 13.0. The molecule has 4 rings (SSSR count). The Morgan fingerprint density at radius 2 is 1.90 bits per heavy atom. The molecule has 5 heteroatoms. The summed E-state index contributed by atoms with van der Waals surface area (Å²) in [6.07, 6.45) is 6.72. The van der Waals surface area contributed by atoms with E-state index in [0.29, 0.717) is 30.9 Å². The number of sulfonamides is 1. The van der Waals surface area contributed by atoms with E-state index in [1.807, 2.05) is 6.07 Å². The van der Waals surface area contributed by atoms with Crippen LogP contribution in [-0.2, 0) is 22.9 Å². The zero-order valence-electron chi connectivity index (χ0n) is 17.8. The monoisotopic (exact) mass is 427 g/mol. The predicted molar refractivity (Wildman–Crippen MR) is 121 cm³/mol. The average Bonchev–Trinajstić information content (AvgIpc) is 3.47. The second kappa shape index (κ2) is 9.52. The van der Waals surface area contributed by atoms with Crippen LogP contribution < -0.4 is 9.46 Å². The molecule has 2 unspecified atom stereocenters. The average molecular weight is 428 g/mol. The van der Waals surface area contributed by atoms with E-state index >= 15 is 0 Å². The third-order valence-corrected chi connectivity index (χ3v) is 7.92. The van der Waals surface area contributed by atoms with E-state index in [1.165, 1.54) is 29.5 Å². The van der Waals surface area contributed by atoms with Crippen molar-refractivity contribution in [3.05, 3.63) is 65.2 Å². The summed E-state index contributed by atoms with van der Waals surface area (Å²) in [7, 11) is -3.17. The lowest BCUT2D eigenvalue weighted by Gasteiger charge is -2.20. The van der Waals surface area contributed by atoms with Crippen LogP contribution in [-0.4, -0.2) is 27.3 Å². The van der Waals surface area contributed by atoms with Gasteiger partial charge in [0.15, 0.2) is 0 Å². The van der Waals surface area contributed by atoms with Crippen molar-refractivity contribution in [1.29, 1.82) is 0 Å². The maximum Gasteiger partial charge on any atom is 0.211 e. The van der Waals surface area contributed by atoms with E-state index in [0.717, 1.165) is 31.4 Å². The van der Waals surface area contributed by atoms with E-state index in [9.17, 15) is 8.42 Å². The van der Waals surface area contributed by atoms with Crippen LogP contribution in [0.5, 0.6) is 5.75 Å². The van der Waals surface area contributed by atoms with Gasteiger partial charge in [-0.1, -0.05) is 49.7 Å². The Morgan fingerprint density at radius 1 is 1.10 bits per heavy atom. The van der Waals surface area contributed by atoms with Crippen molar-refractivity contribution in [3.8, 4) is 5.75 Å². The summed E-state index contributed by atoms with van der Waals surface area (Å²) < 4.78 is 32.6. The van der Waals surface area contributed by atoms with Gasteiger partial charge in [-0.25, -0.2) is 13.1 Å². The van der Waals surface area contributed by atoms with E-state index < -0.39 is 10.0 Å². The number of fused-ring (bicyclic) bond motifs is 1. The highest BCUT2D eigenvalue weighted by Gasteiger charge is 2.32. The first kappa shape index (κ1) is 21.4. The van der Waals surface area contributed by atoms with Crippen LogP contribution in [0.4, 0.5) is 0 Å². The molecule has 0 aromatic heterocycles. The SMILES string of the molecule is CCCC1Cc2ccc(OCCNS(=O)(=O)CC3CC3)cc2C1Cc1ccccc1. The van der Waals surface area contributed by atoms with Crippen molar-refractivity contribution < 1.29 is 13.2 Å². The zero-order chi connectivity index (χ0) is 21.0. The maximum atomic E-state index is 12.0. The molecule has 2 aromatic carbocycles. The molecule has 2 aliphatic carbocycles. The molecule has 30 heavy (non-hydrogen) atoms. The van der Waals surface area contributed by atoms with Gasteiger partial charge in [0.05, 0.1) is 5.75 Å². The zero-order valence-corrected chi connectivity index (χ0v) is 18.7. The van der Waals surface area contributed by atoms with E-state index in [-0.39, 0.29) is 5.75 Å². The minimum absolute atomic E-state index is 0.256. The summed E-state index contributed by atoms with van der Waals surface area (Å²) in [5.41, 5.74) is 4.23. The molecule has 0 radical (unpaired) electrons. The molecule has 0 bridgehead atoms. The van der Waals surface area contributed by atoms with Crippen molar-refractivity contribution in [1.82, 2.24) is 4.72 Å². The number of benzene rings is 2. The highest BCUT2D eigenvalue weighted by Crippen LogP contribution is 2.43. The lowest BCUT2D eigenvalue weighted by atomic mass is 9.84. The molecule has 1 fully saturated rings. The number of ether oxygens (including phenoxy) is 1. The Hall–Kier alpha value is -1.85. The number of hydrogen-bond acceptors (Lipinski definition) is 3. The molecule has 0 saturated heterocycles. The molecule has 162 valence electrons. The minimum Gasteiger partial charge on any atom is -0.492 e. The second-order valence-corrected chi connectivity index (χ2v) is 10.7. The van der Waals surface area contributed by atoms with Gasteiger partial charge in [-0.3, -0.25) is 0 Å². The first-order chi connectivity index (χ1) is 14.5. The summed E-state index contributed by atoms with van der Waals surface area (Å²) in [5.74, 6) is 2.65. The number of nitrogens with one attached hydrogen (secondary N) is 1. The van der Waals surface area contributed by atoms with Crippen molar-refractivity contribution in [3.63, 3.8) is 0 Å². The predicted octanol–water partition coefficient (Wildman–Crippen LogP) is 4.69. The lowest BCUT2D eigenvalue weighted by molar-refractivity contribution is 0.322. The Morgan fingerprint density at radius 3 is 2.63 bits per heavy atom. The number of rotatable bonds is 11. The standard InChI is InChI=1S/C25H33NO3S/c1-2-6-21-16-22-11-12-23(29-14-13-26-30(27,28)18-20-9-10-20)17-25(22)24(21)15-19-7-4-3-5-8-19/h3-5,7-8,11-12,17,20-21,24,26H,2,6,9-10,13-16,18H2,1H3. The van der Waals surface area contributed by atoms with Gasteiger partial charge in [-0.2, -0.15) is 0 Å². The molecule has 4 nitrogen and oxygen atoms in total. The van der Waals surface area contributed by atoms with Crippen LogP contribution in [0.1, 0.15) is 55.2 Å². The van der Waals surface area contributed by atoms with Crippen LogP contribution in [0.2, 0.25) is 0 Å².